The van der Waals surface area contributed by atoms with Crippen molar-refractivity contribution < 1.29 is 19.0 Å². The fourth-order valence-corrected chi connectivity index (χ4v) is 3.94. The number of aryl methyl sites for hydroxylation is 1. The second kappa shape index (κ2) is 7.53. The number of hydrogen-bond donors (Lipinski definition) is 1. The number of aliphatic hydroxyl groups excluding tert-OH is 1. The second-order valence-electron chi connectivity index (χ2n) is 6.93. The summed E-state index contributed by atoms with van der Waals surface area (Å²) in [5.41, 5.74) is 3.79. The molecular formula is C21H20FN3O3S. The number of rotatable bonds is 5. The van der Waals surface area contributed by atoms with Gasteiger partial charge in [-0.25, -0.2) is 19.3 Å². The first-order valence-electron chi connectivity index (χ1n) is 9.12. The van der Waals surface area contributed by atoms with Crippen molar-refractivity contribution in [3.63, 3.8) is 0 Å². The van der Waals surface area contributed by atoms with Gasteiger partial charge < -0.3 is 14.6 Å². The van der Waals surface area contributed by atoms with E-state index in [1.807, 2.05) is 19.1 Å². The molecule has 150 valence electrons. The van der Waals surface area contributed by atoms with Crippen LogP contribution >= 0.6 is 11.3 Å². The zero-order valence-electron chi connectivity index (χ0n) is 16.4. The van der Waals surface area contributed by atoms with E-state index in [1.54, 1.807) is 33.2 Å². The van der Waals surface area contributed by atoms with Gasteiger partial charge in [-0.1, -0.05) is 0 Å². The first-order chi connectivity index (χ1) is 13.9. The second-order valence-corrected chi connectivity index (χ2v) is 7.96. The van der Waals surface area contributed by atoms with Gasteiger partial charge in [0, 0.05) is 17.7 Å². The van der Waals surface area contributed by atoms with E-state index in [9.17, 15) is 9.50 Å². The molecule has 8 heteroatoms. The van der Waals surface area contributed by atoms with E-state index < -0.39 is 18.0 Å². The van der Waals surface area contributed by atoms with Crippen LogP contribution in [-0.2, 0) is 0 Å². The lowest BCUT2D eigenvalue weighted by molar-refractivity contribution is 0.0580. The Morgan fingerprint density at radius 1 is 1.10 bits per heavy atom. The fourth-order valence-electron chi connectivity index (χ4n) is 2.94. The van der Waals surface area contributed by atoms with Crippen LogP contribution in [0, 0.1) is 12.7 Å². The molecule has 6 nitrogen and oxygen atoms in total. The van der Waals surface area contributed by atoms with Crippen LogP contribution in [0.4, 0.5) is 4.39 Å². The minimum atomic E-state index is -0.712. The number of fused-ring (bicyclic) bond motifs is 2. The van der Waals surface area contributed by atoms with E-state index in [1.165, 1.54) is 17.4 Å². The zero-order valence-corrected chi connectivity index (χ0v) is 17.2. The van der Waals surface area contributed by atoms with Crippen molar-refractivity contribution >= 4 is 32.6 Å². The lowest BCUT2D eigenvalue weighted by Crippen LogP contribution is -2.25. The number of aromatic nitrogens is 3. The Morgan fingerprint density at radius 3 is 2.62 bits per heavy atom. The Balaban J connectivity index is 1.82. The van der Waals surface area contributed by atoms with Crippen molar-refractivity contribution in [1.82, 2.24) is 15.0 Å². The Labute approximate surface area is 171 Å². The van der Waals surface area contributed by atoms with Crippen molar-refractivity contribution in [2.45, 2.75) is 33.0 Å². The zero-order chi connectivity index (χ0) is 20.7. The highest BCUT2D eigenvalue weighted by Gasteiger charge is 2.18. The summed E-state index contributed by atoms with van der Waals surface area (Å²) in [6, 6.07) is 6.90. The van der Waals surface area contributed by atoms with Crippen molar-refractivity contribution in [1.29, 1.82) is 0 Å². The van der Waals surface area contributed by atoms with Gasteiger partial charge in [-0.15, -0.1) is 11.3 Å². The molecule has 1 N–H and O–H groups in total. The van der Waals surface area contributed by atoms with Gasteiger partial charge in [0.25, 0.3) is 0 Å². The summed E-state index contributed by atoms with van der Waals surface area (Å²) < 4.78 is 26.0. The van der Waals surface area contributed by atoms with Gasteiger partial charge in [0.15, 0.2) is 11.6 Å². The summed E-state index contributed by atoms with van der Waals surface area (Å²) in [6.07, 6.45) is 0.328. The Hall–Kier alpha value is -2.84. The minimum Gasteiger partial charge on any atom is -0.485 e. The largest absolute Gasteiger partial charge is 0.485 e. The fraction of sp³-hybridized carbons (Fsp3) is 0.286. The van der Waals surface area contributed by atoms with Crippen LogP contribution in [0.2, 0.25) is 0 Å². The molecule has 0 radical (unpaired) electrons. The van der Waals surface area contributed by atoms with E-state index in [0.717, 1.165) is 15.8 Å². The van der Waals surface area contributed by atoms with Crippen LogP contribution in [0.3, 0.4) is 0 Å². The maximum atomic E-state index is 14.5. The van der Waals surface area contributed by atoms with Gasteiger partial charge in [0.2, 0.25) is 5.88 Å². The quantitative estimate of drug-likeness (QED) is 0.519. The molecule has 0 amide bonds. The molecule has 0 bridgehead atoms. The van der Waals surface area contributed by atoms with Crippen molar-refractivity contribution in [3.8, 4) is 22.2 Å². The Bertz CT molecular complexity index is 1210. The molecule has 0 fully saturated rings. The minimum absolute atomic E-state index is 0.0970. The maximum absolute atomic E-state index is 14.5. The Kier molecular flexibility index (Phi) is 5.06. The third-order valence-electron chi connectivity index (χ3n) is 4.64. The van der Waals surface area contributed by atoms with Crippen molar-refractivity contribution in [3.05, 3.63) is 41.8 Å². The molecule has 4 rings (SSSR count). The smallest absolute Gasteiger partial charge is 0.232 e. The molecule has 2 unspecified atom stereocenters. The molecule has 2 aromatic carbocycles. The van der Waals surface area contributed by atoms with Crippen LogP contribution in [0.1, 0.15) is 19.4 Å². The summed E-state index contributed by atoms with van der Waals surface area (Å²) in [5, 5.41) is 10.3. The van der Waals surface area contributed by atoms with Gasteiger partial charge in [0.05, 0.1) is 40.7 Å². The summed E-state index contributed by atoms with van der Waals surface area (Å²) in [7, 11) is 1.55. The highest BCUT2D eigenvalue weighted by atomic mass is 32.1. The average molecular weight is 413 g/mol. The summed E-state index contributed by atoms with van der Waals surface area (Å²) in [6.45, 7) is 5.27. The lowest BCUT2D eigenvalue weighted by atomic mass is 10.1. The lowest BCUT2D eigenvalue weighted by Gasteiger charge is -2.17. The average Bonchev–Trinajstić information content (AvgIpc) is 3.09. The molecule has 0 aliphatic carbocycles. The monoisotopic (exact) mass is 413 g/mol. The van der Waals surface area contributed by atoms with E-state index in [4.69, 9.17) is 9.47 Å². The number of hydrogen-bond acceptors (Lipinski definition) is 7. The normalized spacial score (nSPS) is 13.6. The van der Waals surface area contributed by atoms with Gasteiger partial charge in [0.1, 0.15) is 11.1 Å². The molecule has 0 aliphatic heterocycles. The third-order valence-corrected chi connectivity index (χ3v) is 5.69. The first-order valence-corrected chi connectivity index (χ1v) is 9.94. The summed E-state index contributed by atoms with van der Waals surface area (Å²) in [5.74, 6) is 0.0228. The Morgan fingerprint density at radius 2 is 1.90 bits per heavy atom. The third kappa shape index (κ3) is 3.73. The van der Waals surface area contributed by atoms with Gasteiger partial charge in [-0.3, -0.25) is 0 Å². The molecule has 29 heavy (non-hydrogen) atoms. The predicted octanol–water partition coefficient (Wildman–Crippen LogP) is 4.51. The van der Waals surface area contributed by atoms with Crippen LogP contribution in [0.25, 0.3) is 31.8 Å². The van der Waals surface area contributed by atoms with Crippen LogP contribution < -0.4 is 9.47 Å². The molecule has 0 spiro atoms. The number of benzene rings is 2. The summed E-state index contributed by atoms with van der Waals surface area (Å²) in [4.78, 5) is 13.6. The van der Waals surface area contributed by atoms with E-state index in [2.05, 4.69) is 15.0 Å². The molecule has 4 aromatic rings. The number of halogens is 1. The molecule has 0 saturated heterocycles. The predicted molar refractivity (Wildman–Crippen MR) is 111 cm³/mol. The number of aliphatic hydroxyl groups is 1. The summed E-state index contributed by atoms with van der Waals surface area (Å²) >= 11 is 1.42. The SMILES string of the molecule is COc1cnc2c(-c3nc4cc(F)c(OC(C)C(C)O)cc4s3)cc(C)cc2n1. The first kappa shape index (κ1) is 19.5. The van der Waals surface area contributed by atoms with E-state index in [-0.39, 0.29) is 5.75 Å². The van der Waals surface area contributed by atoms with Crippen LogP contribution in [0.5, 0.6) is 11.6 Å². The highest BCUT2D eigenvalue weighted by Crippen LogP contribution is 2.37. The van der Waals surface area contributed by atoms with Crippen molar-refractivity contribution in [2.24, 2.45) is 0 Å². The number of ether oxygens (including phenoxy) is 2. The van der Waals surface area contributed by atoms with Gasteiger partial charge in [-0.05, 0) is 38.5 Å². The topological polar surface area (TPSA) is 77.4 Å². The van der Waals surface area contributed by atoms with E-state index >= 15 is 0 Å². The van der Waals surface area contributed by atoms with Crippen LogP contribution in [0.15, 0.2) is 30.5 Å². The number of thiazole rings is 1. The van der Waals surface area contributed by atoms with E-state index in [0.29, 0.717) is 27.4 Å². The molecule has 0 saturated carbocycles. The maximum Gasteiger partial charge on any atom is 0.232 e. The molecule has 0 aliphatic rings. The molecular weight excluding hydrogens is 393 g/mol. The molecule has 2 aromatic heterocycles. The van der Waals surface area contributed by atoms with Crippen molar-refractivity contribution in [2.75, 3.05) is 7.11 Å². The number of methoxy groups -OCH3 is 1. The standard InChI is InChI=1S/C21H20FN3O3S/c1-10-5-13(20-16(6-10)24-19(27-4)9-23-20)21-25-15-7-14(22)17(8-18(15)29-21)28-12(3)11(2)26/h5-9,11-12,26H,1-4H3. The van der Waals surface area contributed by atoms with Gasteiger partial charge in [-0.2, -0.15) is 0 Å². The highest BCUT2D eigenvalue weighted by molar-refractivity contribution is 7.21. The number of nitrogens with zero attached hydrogens (tertiary/aromatic N) is 3. The van der Waals surface area contributed by atoms with Crippen LogP contribution in [-0.4, -0.2) is 39.4 Å². The molecule has 2 atom stereocenters. The van der Waals surface area contributed by atoms with Gasteiger partial charge >= 0.3 is 0 Å². The molecule has 2 heterocycles.